The summed E-state index contributed by atoms with van der Waals surface area (Å²) < 4.78 is 6.03. The molecule has 0 saturated heterocycles. The van der Waals surface area contributed by atoms with Gasteiger partial charge >= 0.3 is 0 Å². The van der Waals surface area contributed by atoms with Gasteiger partial charge in [-0.2, -0.15) is 0 Å². The van der Waals surface area contributed by atoms with E-state index in [4.69, 9.17) is 4.74 Å². The number of rotatable bonds is 7. The molecule has 0 fully saturated rings. The minimum atomic E-state index is -0.534. The van der Waals surface area contributed by atoms with E-state index in [2.05, 4.69) is 37.9 Å². The molecular weight excluding hydrogens is 332 g/mol. The summed E-state index contributed by atoms with van der Waals surface area (Å²) in [5.41, 5.74) is 3.19. The maximum atomic E-state index is 12.7. The normalized spacial score (nSPS) is 12.3. The number of hydrogen-bond acceptors (Lipinski definition) is 4. The molecule has 4 nitrogen and oxygen atoms in total. The maximum absolute atomic E-state index is 12.7. The molecule has 0 N–H and O–H groups in total. The van der Waals surface area contributed by atoms with Crippen molar-refractivity contribution in [2.45, 2.75) is 59.6 Å². The van der Waals surface area contributed by atoms with Crippen molar-refractivity contribution in [3.8, 4) is 5.75 Å². The summed E-state index contributed by atoms with van der Waals surface area (Å²) in [4.78, 5) is 18.9. The molecule has 1 amide bonds. The van der Waals surface area contributed by atoms with Gasteiger partial charge in [-0.05, 0) is 43.4 Å². The first-order valence-corrected chi connectivity index (χ1v) is 9.65. The average Bonchev–Trinajstić information content (AvgIpc) is 3.01. The molecule has 0 radical (unpaired) electrons. The number of hydrogen-bond donors (Lipinski definition) is 0. The van der Waals surface area contributed by atoms with Crippen molar-refractivity contribution in [1.82, 2.24) is 9.88 Å². The predicted molar refractivity (Wildman–Crippen MR) is 103 cm³/mol. The van der Waals surface area contributed by atoms with Crippen LogP contribution in [0, 0.1) is 6.92 Å². The van der Waals surface area contributed by atoms with Crippen LogP contribution in [0.15, 0.2) is 23.6 Å². The van der Waals surface area contributed by atoms with Gasteiger partial charge in [-0.15, -0.1) is 11.3 Å². The van der Waals surface area contributed by atoms with Crippen LogP contribution in [0.4, 0.5) is 0 Å². The van der Waals surface area contributed by atoms with Crippen LogP contribution < -0.4 is 4.74 Å². The topological polar surface area (TPSA) is 42.4 Å². The number of thiazole rings is 1. The largest absolute Gasteiger partial charge is 0.481 e. The molecule has 2 rings (SSSR count). The van der Waals surface area contributed by atoms with Crippen molar-refractivity contribution in [3.63, 3.8) is 0 Å². The van der Waals surface area contributed by atoms with Gasteiger partial charge in [-0.3, -0.25) is 4.79 Å². The second-order valence-electron chi connectivity index (χ2n) is 6.74. The molecule has 1 heterocycles. The first-order valence-electron chi connectivity index (χ1n) is 8.77. The van der Waals surface area contributed by atoms with Gasteiger partial charge in [0.2, 0.25) is 0 Å². The van der Waals surface area contributed by atoms with Crippen LogP contribution in [0.5, 0.6) is 5.75 Å². The number of nitrogens with zero attached hydrogens (tertiary/aromatic N) is 2. The molecule has 25 heavy (non-hydrogen) atoms. The Morgan fingerprint density at radius 3 is 2.64 bits per heavy atom. The van der Waals surface area contributed by atoms with Crippen LogP contribution in [0.1, 0.15) is 55.4 Å². The number of aromatic nitrogens is 1. The van der Waals surface area contributed by atoms with Gasteiger partial charge in [0, 0.05) is 12.4 Å². The van der Waals surface area contributed by atoms with Crippen LogP contribution in [0.3, 0.4) is 0 Å². The Hall–Kier alpha value is -1.88. The molecule has 0 bridgehead atoms. The summed E-state index contributed by atoms with van der Waals surface area (Å²) in [5, 5.41) is 3.12. The smallest absolute Gasteiger partial charge is 0.263 e. The zero-order valence-corrected chi connectivity index (χ0v) is 16.8. The van der Waals surface area contributed by atoms with E-state index in [1.54, 1.807) is 23.3 Å². The van der Waals surface area contributed by atoms with Crippen molar-refractivity contribution in [3.05, 3.63) is 45.4 Å². The molecule has 0 aliphatic carbocycles. The zero-order valence-electron chi connectivity index (χ0n) is 16.0. The van der Waals surface area contributed by atoms with Crippen LogP contribution in [0.2, 0.25) is 0 Å². The molecule has 0 saturated carbocycles. The molecule has 1 aromatic carbocycles. The quantitative estimate of drug-likeness (QED) is 0.727. The monoisotopic (exact) mass is 360 g/mol. The van der Waals surface area contributed by atoms with E-state index in [1.165, 1.54) is 0 Å². The lowest BCUT2D eigenvalue weighted by Gasteiger charge is -2.23. The van der Waals surface area contributed by atoms with Crippen molar-refractivity contribution < 1.29 is 9.53 Å². The highest BCUT2D eigenvalue weighted by Crippen LogP contribution is 2.28. The molecular formula is C20H28N2O2S. The van der Waals surface area contributed by atoms with E-state index in [1.807, 2.05) is 25.3 Å². The zero-order chi connectivity index (χ0) is 18.6. The molecule has 0 spiro atoms. The van der Waals surface area contributed by atoms with Gasteiger partial charge in [0.15, 0.2) is 6.10 Å². The molecule has 0 aliphatic rings. The predicted octanol–water partition coefficient (Wildman–Crippen LogP) is 4.56. The third-order valence-corrected chi connectivity index (χ3v) is 5.16. The Labute approximate surface area is 154 Å². The summed E-state index contributed by atoms with van der Waals surface area (Å²) in [7, 11) is 1.80. The van der Waals surface area contributed by atoms with E-state index in [0.29, 0.717) is 12.5 Å². The van der Waals surface area contributed by atoms with Crippen molar-refractivity contribution in [2.75, 3.05) is 7.05 Å². The molecule has 1 atom stereocenters. The third-order valence-electron chi connectivity index (χ3n) is 4.12. The summed E-state index contributed by atoms with van der Waals surface area (Å²) in [6, 6.07) is 6.17. The fourth-order valence-electron chi connectivity index (χ4n) is 2.68. The first-order chi connectivity index (χ1) is 11.8. The lowest BCUT2D eigenvalue weighted by Crippen LogP contribution is -2.37. The number of carbonyl (C=O) groups is 1. The van der Waals surface area contributed by atoms with Crippen LogP contribution in [0.25, 0.3) is 0 Å². The second kappa shape index (κ2) is 8.48. The molecule has 0 aliphatic heterocycles. The number of ether oxygens (including phenoxy) is 1. The second-order valence-corrected chi connectivity index (χ2v) is 7.68. The summed E-state index contributed by atoms with van der Waals surface area (Å²) in [6.45, 7) is 10.7. The number of aryl methyl sites for hydroxylation is 2. The van der Waals surface area contributed by atoms with Gasteiger partial charge in [-0.25, -0.2) is 4.98 Å². The van der Waals surface area contributed by atoms with Crippen molar-refractivity contribution in [1.29, 1.82) is 0 Å². The van der Waals surface area contributed by atoms with E-state index >= 15 is 0 Å². The first kappa shape index (κ1) is 19.4. The van der Waals surface area contributed by atoms with E-state index in [9.17, 15) is 4.79 Å². The van der Waals surface area contributed by atoms with E-state index in [-0.39, 0.29) is 5.91 Å². The van der Waals surface area contributed by atoms with Crippen molar-refractivity contribution >= 4 is 17.2 Å². The fraction of sp³-hybridized carbons (Fsp3) is 0.500. The van der Waals surface area contributed by atoms with Crippen LogP contribution >= 0.6 is 11.3 Å². The van der Waals surface area contributed by atoms with Gasteiger partial charge in [0.1, 0.15) is 5.75 Å². The molecule has 1 aromatic heterocycles. The standard InChI is InChI=1S/C20H28N2O2S/c1-7-19-21-16(12-25-19)11-22(6)20(23)15(5)24-18-10-14(4)8-9-17(18)13(2)3/h8-10,12-13,15H,7,11H2,1-6H3. The minimum absolute atomic E-state index is 0.0396. The van der Waals surface area contributed by atoms with Crippen LogP contribution in [-0.4, -0.2) is 28.9 Å². The summed E-state index contributed by atoms with van der Waals surface area (Å²) >= 11 is 1.64. The Morgan fingerprint density at radius 1 is 1.32 bits per heavy atom. The average molecular weight is 361 g/mol. The summed E-state index contributed by atoms with van der Waals surface area (Å²) in [6.07, 6.45) is 0.390. The summed E-state index contributed by atoms with van der Waals surface area (Å²) in [5.74, 6) is 1.10. The Kier molecular flexibility index (Phi) is 6.59. The highest BCUT2D eigenvalue weighted by Gasteiger charge is 2.21. The highest BCUT2D eigenvalue weighted by atomic mass is 32.1. The fourth-order valence-corrected chi connectivity index (χ4v) is 3.41. The number of carbonyl (C=O) groups excluding carboxylic acids is 1. The number of amides is 1. The van der Waals surface area contributed by atoms with Gasteiger partial charge in [0.25, 0.3) is 5.91 Å². The third kappa shape index (κ3) is 5.05. The lowest BCUT2D eigenvalue weighted by molar-refractivity contribution is -0.137. The molecule has 5 heteroatoms. The molecule has 1 unspecified atom stereocenters. The van der Waals surface area contributed by atoms with Gasteiger partial charge in [-0.1, -0.05) is 32.9 Å². The number of benzene rings is 1. The maximum Gasteiger partial charge on any atom is 0.263 e. The van der Waals surface area contributed by atoms with Gasteiger partial charge in [0.05, 0.1) is 17.2 Å². The lowest BCUT2D eigenvalue weighted by atomic mass is 10.0. The Morgan fingerprint density at radius 2 is 2.04 bits per heavy atom. The van der Waals surface area contributed by atoms with E-state index < -0.39 is 6.10 Å². The Balaban J connectivity index is 2.05. The van der Waals surface area contributed by atoms with E-state index in [0.717, 1.165) is 34.0 Å². The SMILES string of the molecule is CCc1nc(CN(C)C(=O)C(C)Oc2cc(C)ccc2C(C)C)cs1. The Bertz CT molecular complexity index is 724. The van der Waals surface area contributed by atoms with Gasteiger partial charge < -0.3 is 9.64 Å². The molecule has 136 valence electrons. The molecule has 2 aromatic rings. The van der Waals surface area contributed by atoms with Crippen LogP contribution in [-0.2, 0) is 17.8 Å². The number of likely N-dealkylation sites (N-methyl/N-ethyl adjacent to an activating group) is 1. The highest BCUT2D eigenvalue weighted by molar-refractivity contribution is 7.09. The van der Waals surface area contributed by atoms with Crippen molar-refractivity contribution in [2.24, 2.45) is 0 Å². The minimum Gasteiger partial charge on any atom is -0.481 e.